The van der Waals surface area contributed by atoms with Crippen molar-refractivity contribution in [1.82, 2.24) is 9.97 Å². The van der Waals surface area contributed by atoms with Crippen molar-refractivity contribution in [1.29, 1.82) is 0 Å². The highest BCUT2D eigenvalue weighted by Gasteiger charge is 2.26. The van der Waals surface area contributed by atoms with Gasteiger partial charge in [-0.3, -0.25) is 0 Å². The molecule has 1 aromatic rings. The second kappa shape index (κ2) is 2.95. The minimum atomic E-state index is -3.04. The van der Waals surface area contributed by atoms with Crippen LogP contribution in [-0.4, -0.2) is 9.97 Å². The van der Waals surface area contributed by atoms with E-state index in [2.05, 4.69) is 9.97 Å². The Bertz CT molecular complexity index is 263. The molecule has 11 heavy (non-hydrogen) atoms. The average Bonchev–Trinajstić information content (AvgIpc) is 1.86. The van der Waals surface area contributed by atoms with E-state index in [1.54, 1.807) is 0 Å². The lowest BCUT2D eigenvalue weighted by molar-refractivity contribution is 0.0984. The van der Waals surface area contributed by atoms with Crippen molar-refractivity contribution < 1.29 is 8.78 Å². The molecule has 0 aromatic carbocycles. The molecule has 0 saturated carbocycles. The molecule has 0 N–H and O–H groups in total. The second-order valence-electron chi connectivity index (χ2n) is 1.85. The zero-order chi connectivity index (χ0) is 8.48. The summed E-state index contributed by atoms with van der Waals surface area (Å²) >= 11 is 5.36. The van der Waals surface area contributed by atoms with Crippen LogP contribution in [0.2, 0.25) is 5.15 Å². The predicted octanol–water partition coefficient (Wildman–Crippen LogP) is 2.05. The Morgan fingerprint density at radius 1 is 1.45 bits per heavy atom. The third-order valence-corrected chi connectivity index (χ3v) is 1.48. The van der Waals surface area contributed by atoms with Crippen molar-refractivity contribution in [3.63, 3.8) is 0 Å². The molecule has 0 aliphatic heterocycles. The standard InChI is InChI=1S/C5H4ClF2N2P/c6-4-1-3(5(7,8)11)9-2-10-4/h1-2H,11H2. The molecule has 60 valence electrons. The minimum absolute atomic E-state index is 0.0112. The number of nitrogens with zero attached hydrogens (tertiary/aromatic N) is 2. The Morgan fingerprint density at radius 2 is 2.09 bits per heavy atom. The summed E-state index contributed by atoms with van der Waals surface area (Å²) in [5.41, 5.74) is -3.44. The largest absolute Gasteiger partial charge is 0.300 e. The minimum Gasteiger partial charge on any atom is -0.235 e. The van der Waals surface area contributed by atoms with Crippen molar-refractivity contribution in [3.05, 3.63) is 23.2 Å². The first-order valence-electron chi connectivity index (χ1n) is 2.65. The van der Waals surface area contributed by atoms with E-state index in [1.165, 1.54) is 9.24 Å². The Morgan fingerprint density at radius 3 is 2.45 bits per heavy atom. The van der Waals surface area contributed by atoms with Crippen LogP contribution in [-0.2, 0) is 5.66 Å². The molecule has 0 saturated heterocycles. The molecule has 0 aliphatic rings. The Kier molecular flexibility index (Phi) is 2.35. The van der Waals surface area contributed by atoms with Crippen LogP contribution in [0.5, 0.6) is 0 Å². The molecule has 6 heteroatoms. The van der Waals surface area contributed by atoms with Crippen LogP contribution in [0.15, 0.2) is 12.4 Å². The second-order valence-corrected chi connectivity index (χ2v) is 2.96. The topological polar surface area (TPSA) is 25.8 Å². The van der Waals surface area contributed by atoms with Gasteiger partial charge in [-0.25, -0.2) is 9.97 Å². The first kappa shape index (κ1) is 8.75. The third-order valence-electron chi connectivity index (χ3n) is 0.975. The number of rotatable bonds is 1. The van der Waals surface area contributed by atoms with E-state index in [1.807, 2.05) is 0 Å². The zero-order valence-electron chi connectivity index (χ0n) is 5.26. The fourth-order valence-corrected chi connectivity index (χ4v) is 0.821. The first-order chi connectivity index (χ1) is 5.00. The molecule has 0 spiro atoms. The van der Waals surface area contributed by atoms with Gasteiger partial charge in [-0.15, -0.1) is 0 Å². The molecule has 2 nitrogen and oxygen atoms in total. The number of halogens is 3. The van der Waals surface area contributed by atoms with Crippen LogP contribution in [0.4, 0.5) is 8.78 Å². The summed E-state index contributed by atoms with van der Waals surface area (Å²) in [5, 5.41) is 0.0112. The SMILES string of the molecule is FC(F)(P)c1cc(Cl)ncn1. The molecule has 0 radical (unpaired) electrons. The van der Waals surface area contributed by atoms with E-state index in [-0.39, 0.29) is 5.15 Å². The van der Waals surface area contributed by atoms with E-state index in [4.69, 9.17) is 11.6 Å². The summed E-state index contributed by atoms with van der Waals surface area (Å²) in [7, 11) is 1.37. The van der Waals surface area contributed by atoms with E-state index in [0.29, 0.717) is 0 Å². The molecule has 1 rings (SSSR count). The quantitative estimate of drug-likeness (QED) is 0.508. The van der Waals surface area contributed by atoms with Gasteiger partial charge in [0.15, 0.2) is 0 Å². The first-order valence-corrected chi connectivity index (χ1v) is 3.60. The highest BCUT2D eigenvalue weighted by molar-refractivity contribution is 7.17. The van der Waals surface area contributed by atoms with Gasteiger partial charge in [-0.1, -0.05) is 20.8 Å². The maximum absolute atomic E-state index is 12.4. The monoisotopic (exact) mass is 196 g/mol. The van der Waals surface area contributed by atoms with E-state index in [0.717, 1.165) is 12.4 Å². The van der Waals surface area contributed by atoms with Gasteiger partial charge in [0, 0.05) is 6.07 Å². The Labute approximate surface area is 69.2 Å². The molecule has 0 fully saturated rings. The molecule has 0 bridgehead atoms. The maximum Gasteiger partial charge on any atom is 0.300 e. The van der Waals surface area contributed by atoms with E-state index < -0.39 is 11.4 Å². The van der Waals surface area contributed by atoms with Crippen molar-refractivity contribution in [3.8, 4) is 0 Å². The predicted molar refractivity (Wildman–Crippen MR) is 40.6 cm³/mol. The van der Waals surface area contributed by atoms with Crippen LogP contribution in [0.25, 0.3) is 0 Å². The van der Waals surface area contributed by atoms with Crippen LogP contribution in [0.1, 0.15) is 5.69 Å². The molecule has 1 aromatic heterocycles. The number of hydrogen-bond donors (Lipinski definition) is 0. The average molecular weight is 197 g/mol. The molecule has 1 heterocycles. The lowest BCUT2D eigenvalue weighted by Gasteiger charge is -2.07. The highest BCUT2D eigenvalue weighted by Crippen LogP contribution is 2.33. The van der Waals surface area contributed by atoms with Gasteiger partial charge >= 0.3 is 0 Å². The van der Waals surface area contributed by atoms with Gasteiger partial charge in [0.1, 0.15) is 17.2 Å². The third kappa shape index (κ3) is 2.31. The van der Waals surface area contributed by atoms with Gasteiger partial charge in [-0.2, -0.15) is 8.78 Å². The fraction of sp³-hybridized carbons (Fsp3) is 0.200. The Balaban J connectivity index is 3.06. The van der Waals surface area contributed by atoms with Crippen molar-refractivity contribution in [2.75, 3.05) is 0 Å². The van der Waals surface area contributed by atoms with E-state index >= 15 is 0 Å². The fourth-order valence-electron chi connectivity index (χ4n) is 0.516. The summed E-state index contributed by atoms with van der Waals surface area (Å²) in [6, 6.07) is 1.02. The van der Waals surface area contributed by atoms with Crippen LogP contribution >= 0.6 is 20.8 Å². The summed E-state index contributed by atoms with van der Waals surface area (Å²) < 4.78 is 24.9. The number of hydrogen-bond acceptors (Lipinski definition) is 2. The highest BCUT2D eigenvalue weighted by atomic mass is 35.5. The molecular weight excluding hydrogens is 192 g/mol. The van der Waals surface area contributed by atoms with Gasteiger partial charge in [0.2, 0.25) is 0 Å². The van der Waals surface area contributed by atoms with Crippen LogP contribution in [0.3, 0.4) is 0 Å². The van der Waals surface area contributed by atoms with Gasteiger partial charge in [0.05, 0.1) is 0 Å². The Hall–Kier alpha value is -0.340. The molecule has 0 amide bonds. The summed E-state index contributed by atoms with van der Waals surface area (Å²) in [6.07, 6.45) is 0.996. The summed E-state index contributed by atoms with van der Waals surface area (Å²) in [6.45, 7) is 0. The number of alkyl halides is 2. The molecular formula is C5H4ClF2N2P. The molecule has 1 atom stereocenters. The maximum atomic E-state index is 12.4. The van der Waals surface area contributed by atoms with Crippen molar-refractivity contribution >= 4 is 20.8 Å². The van der Waals surface area contributed by atoms with Gasteiger partial charge < -0.3 is 0 Å². The van der Waals surface area contributed by atoms with Gasteiger partial charge in [-0.05, 0) is 0 Å². The smallest absolute Gasteiger partial charge is 0.235 e. The molecule has 0 aliphatic carbocycles. The summed E-state index contributed by atoms with van der Waals surface area (Å²) in [5.74, 6) is 0. The van der Waals surface area contributed by atoms with Crippen LogP contribution < -0.4 is 0 Å². The lowest BCUT2D eigenvalue weighted by Crippen LogP contribution is -2.05. The normalized spacial score (nSPS) is 11.6. The zero-order valence-corrected chi connectivity index (χ0v) is 7.17. The van der Waals surface area contributed by atoms with Gasteiger partial charge in [0.25, 0.3) is 5.66 Å². The summed E-state index contributed by atoms with van der Waals surface area (Å²) in [4.78, 5) is 6.81. The number of aromatic nitrogens is 2. The van der Waals surface area contributed by atoms with E-state index in [9.17, 15) is 8.78 Å². The van der Waals surface area contributed by atoms with Crippen molar-refractivity contribution in [2.45, 2.75) is 5.66 Å². The van der Waals surface area contributed by atoms with Crippen LogP contribution in [0, 0.1) is 0 Å². The van der Waals surface area contributed by atoms with Crippen molar-refractivity contribution in [2.24, 2.45) is 0 Å². The molecule has 1 unspecified atom stereocenters. The lowest BCUT2D eigenvalue weighted by atomic mass is 10.4.